The van der Waals surface area contributed by atoms with Crippen LogP contribution in [0, 0.1) is 11.8 Å². The molecule has 21 heavy (non-hydrogen) atoms. The van der Waals surface area contributed by atoms with Crippen molar-refractivity contribution in [3.63, 3.8) is 0 Å². The largest absolute Gasteiger partial charge is 0.464 e. The van der Waals surface area contributed by atoms with Crippen molar-refractivity contribution in [2.45, 2.75) is 52.5 Å². The minimum Gasteiger partial charge on any atom is -0.464 e. The molecular formula is C14H26N6O. The third kappa shape index (κ3) is 4.17. The van der Waals surface area contributed by atoms with Crippen molar-refractivity contribution < 1.29 is 4.74 Å². The first-order valence-corrected chi connectivity index (χ1v) is 7.76. The van der Waals surface area contributed by atoms with Gasteiger partial charge in [-0.15, -0.1) is 0 Å². The van der Waals surface area contributed by atoms with E-state index in [0.29, 0.717) is 42.4 Å². The van der Waals surface area contributed by atoms with Crippen LogP contribution in [0.25, 0.3) is 0 Å². The summed E-state index contributed by atoms with van der Waals surface area (Å²) in [6, 6.07) is 0.682. The van der Waals surface area contributed by atoms with E-state index in [9.17, 15) is 0 Å². The zero-order valence-electron chi connectivity index (χ0n) is 13.1. The average molecular weight is 294 g/mol. The Kier molecular flexibility index (Phi) is 5.55. The van der Waals surface area contributed by atoms with Crippen molar-refractivity contribution in [1.29, 1.82) is 0 Å². The van der Waals surface area contributed by atoms with Gasteiger partial charge in [-0.3, -0.25) is 5.43 Å². The van der Waals surface area contributed by atoms with E-state index < -0.39 is 0 Å². The molecule has 0 aromatic carbocycles. The Hall–Kier alpha value is -1.63. The third-order valence-electron chi connectivity index (χ3n) is 4.01. The lowest BCUT2D eigenvalue weighted by molar-refractivity contribution is 0.252. The van der Waals surface area contributed by atoms with E-state index in [-0.39, 0.29) is 0 Å². The van der Waals surface area contributed by atoms with Gasteiger partial charge in [0.25, 0.3) is 0 Å². The highest BCUT2D eigenvalue weighted by Crippen LogP contribution is 2.32. The number of hydrazine groups is 1. The first kappa shape index (κ1) is 15.8. The van der Waals surface area contributed by atoms with Gasteiger partial charge in [0.05, 0.1) is 6.61 Å². The first-order valence-electron chi connectivity index (χ1n) is 7.76. The second-order valence-electron chi connectivity index (χ2n) is 5.79. The number of nitrogens with zero attached hydrogens (tertiary/aromatic N) is 3. The van der Waals surface area contributed by atoms with E-state index >= 15 is 0 Å². The zero-order valence-corrected chi connectivity index (χ0v) is 13.1. The molecule has 118 valence electrons. The maximum Gasteiger partial charge on any atom is 0.323 e. The van der Waals surface area contributed by atoms with Crippen molar-refractivity contribution in [3.05, 3.63) is 0 Å². The Balaban J connectivity index is 2.14. The molecule has 0 spiro atoms. The summed E-state index contributed by atoms with van der Waals surface area (Å²) in [7, 11) is 0. The highest BCUT2D eigenvalue weighted by molar-refractivity contribution is 5.36. The number of rotatable bonds is 6. The lowest BCUT2D eigenvalue weighted by Crippen LogP contribution is -2.36. The Morgan fingerprint density at radius 3 is 2.57 bits per heavy atom. The Labute approximate surface area is 126 Å². The van der Waals surface area contributed by atoms with Gasteiger partial charge in [0, 0.05) is 6.04 Å². The second kappa shape index (κ2) is 7.40. The van der Waals surface area contributed by atoms with Gasteiger partial charge in [-0.2, -0.15) is 15.0 Å². The molecule has 0 saturated heterocycles. The third-order valence-corrected chi connectivity index (χ3v) is 4.01. The smallest absolute Gasteiger partial charge is 0.323 e. The summed E-state index contributed by atoms with van der Waals surface area (Å²) in [5.41, 5.74) is 2.46. The highest BCUT2D eigenvalue weighted by Gasteiger charge is 2.28. The topological polar surface area (TPSA) is 98.0 Å². The lowest BCUT2D eigenvalue weighted by Gasteiger charge is -2.34. The minimum atomic E-state index is 0.292. The summed E-state index contributed by atoms with van der Waals surface area (Å²) >= 11 is 0. The Morgan fingerprint density at radius 1 is 1.19 bits per heavy atom. The predicted octanol–water partition coefficient (Wildman–Crippen LogP) is 2.18. The summed E-state index contributed by atoms with van der Waals surface area (Å²) in [6.45, 7) is 6.95. The van der Waals surface area contributed by atoms with Gasteiger partial charge in [0.2, 0.25) is 11.9 Å². The molecule has 1 aliphatic carbocycles. The van der Waals surface area contributed by atoms with Crippen LogP contribution in [0.3, 0.4) is 0 Å². The maximum atomic E-state index is 5.41. The molecule has 1 saturated carbocycles. The van der Waals surface area contributed by atoms with Crippen LogP contribution >= 0.6 is 0 Å². The fourth-order valence-corrected chi connectivity index (χ4v) is 2.98. The Bertz CT molecular complexity index is 453. The van der Waals surface area contributed by atoms with Crippen molar-refractivity contribution >= 4 is 11.9 Å². The minimum absolute atomic E-state index is 0.292. The molecule has 0 radical (unpaired) electrons. The number of ether oxygens (including phenoxy) is 1. The van der Waals surface area contributed by atoms with Crippen molar-refractivity contribution in [2.24, 2.45) is 17.7 Å². The molecule has 1 aliphatic rings. The van der Waals surface area contributed by atoms with Gasteiger partial charge in [-0.1, -0.05) is 26.7 Å². The van der Waals surface area contributed by atoms with Crippen LogP contribution in [0.1, 0.15) is 46.5 Å². The van der Waals surface area contributed by atoms with Gasteiger partial charge in [-0.05, 0) is 31.6 Å². The van der Waals surface area contributed by atoms with E-state index in [1.54, 1.807) is 0 Å². The fraction of sp³-hybridized carbons (Fsp3) is 0.786. The standard InChI is InChI=1S/C14H26N6O/c1-4-21-14-18-12(17-13(19-14)20-15)16-11-8-6-5-7-10(11)9(2)3/h9-11H,4-8,15H2,1-3H3,(H2,16,17,18,19,20). The highest BCUT2D eigenvalue weighted by atomic mass is 16.5. The predicted molar refractivity (Wildman–Crippen MR) is 83.0 cm³/mol. The molecule has 2 rings (SSSR count). The van der Waals surface area contributed by atoms with Crippen molar-refractivity contribution in [1.82, 2.24) is 15.0 Å². The molecule has 0 amide bonds. The number of hydrogen-bond donors (Lipinski definition) is 3. The molecule has 1 fully saturated rings. The molecule has 0 aliphatic heterocycles. The summed E-state index contributed by atoms with van der Waals surface area (Å²) in [5, 5.41) is 3.45. The summed E-state index contributed by atoms with van der Waals surface area (Å²) in [5.74, 6) is 7.53. The van der Waals surface area contributed by atoms with E-state index in [2.05, 4.69) is 39.5 Å². The zero-order chi connectivity index (χ0) is 15.2. The van der Waals surface area contributed by atoms with Gasteiger partial charge in [0.1, 0.15) is 0 Å². The van der Waals surface area contributed by atoms with Crippen LogP contribution in [-0.4, -0.2) is 27.6 Å². The molecule has 7 heteroatoms. The fourth-order valence-electron chi connectivity index (χ4n) is 2.98. The molecule has 1 heterocycles. The van der Waals surface area contributed by atoms with Crippen LogP contribution in [-0.2, 0) is 0 Å². The molecule has 2 atom stereocenters. The summed E-state index contributed by atoms with van der Waals surface area (Å²) in [6.07, 6.45) is 4.94. The molecule has 1 aromatic rings. The van der Waals surface area contributed by atoms with Gasteiger partial charge >= 0.3 is 6.01 Å². The molecule has 2 unspecified atom stereocenters. The summed E-state index contributed by atoms with van der Waals surface area (Å²) in [4.78, 5) is 12.6. The first-order chi connectivity index (χ1) is 10.1. The second-order valence-corrected chi connectivity index (χ2v) is 5.79. The van der Waals surface area contributed by atoms with Crippen molar-refractivity contribution in [3.8, 4) is 6.01 Å². The van der Waals surface area contributed by atoms with Crippen LogP contribution in [0.5, 0.6) is 6.01 Å². The van der Waals surface area contributed by atoms with E-state index in [0.717, 1.165) is 6.42 Å². The number of nitrogen functional groups attached to an aromatic ring is 1. The number of anilines is 2. The number of nitrogens with one attached hydrogen (secondary N) is 2. The monoisotopic (exact) mass is 294 g/mol. The van der Waals surface area contributed by atoms with Crippen LogP contribution < -0.4 is 21.3 Å². The van der Waals surface area contributed by atoms with Crippen LogP contribution in [0.4, 0.5) is 11.9 Å². The maximum absolute atomic E-state index is 5.41. The number of hydrogen-bond acceptors (Lipinski definition) is 7. The normalized spacial score (nSPS) is 22.1. The molecule has 4 N–H and O–H groups in total. The molecular weight excluding hydrogens is 268 g/mol. The lowest BCUT2D eigenvalue weighted by atomic mass is 9.78. The van der Waals surface area contributed by atoms with Gasteiger partial charge < -0.3 is 10.1 Å². The molecule has 0 bridgehead atoms. The quantitative estimate of drug-likeness (QED) is 0.546. The van der Waals surface area contributed by atoms with Gasteiger partial charge in [-0.25, -0.2) is 5.84 Å². The van der Waals surface area contributed by atoms with Crippen molar-refractivity contribution in [2.75, 3.05) is 17.3 Å². The number of nitrogens with two attached hydrogens (primary N) is 1. The SMILES string of the molecule is CCOc1nc(NN)nc(NC2CCCCC2C(C)C)n1. The van der Waals surface area contributed by atoms with E-state index in [4.69, 9.17) is 10.6 Å². The average Bonchev–Trinajstić information content (AvgIpc) is 2.47. The number of aromatic nitrogens is 3. The molecule has 1 aromatic heterocycles. The van der Waals surface area contributed by atoms with Crippen LogP contribution in [0.2, 0.25) is 0 Å². The van der Waals surface area contributed by atoms with Gasteiger partial charge in [0.15, 0.2) is 0 Å². The van der Waals surface area contributed by atoms with E-state index in [1.165, 1.54) is 19.3 Å². The molecule has 7 nitrogen and oxygen atoms in total. The van der Waals surface area contributed by atoms with Crippen LogP contribution in [0.15, 0.2) is 0 Å². The Morgan fingerprint density at radius 2 is 1.90 bits per heavy atom. The summed E-state index contributed by atoms with van der Waals surface area (Å²) < 4.78 is 5.35. The van der Waals surface area contributed by atoms with E-state index in [1.807, 2.05) is 6.92 Å².